The van der Waals surface area contributed by atoms with Gasteiger partial charge in [-0.3, -0.25) is 9.69 Å². The van der Waals surface area contributed by atoms with Crippen molar-refractivity contribution in [1.29, 1.82) is 0 Å². The lowest BCUT2D eigenvalue weighted by Crippen LogP contribution is -2.35. The summed E-state index contributed by atoms with van der Waals surface area (Å²) in [6.45, 7) is 4.98. The van der Waals surface area contributed by atoms with E-state index >= 15 is 0 Å². The van der Waals surface area contributed by atoms with Crippen molar-refractivity contribution in [3.63, 3.8) is 0 Å². The summed E-state index contributed by atoms with van der Waals surface area (Å²) < 4.78 is 15.8. The number of morpholine rings is 1. The van der Waals surface area contributed by atoms with Crippen molar-refractivity contribution in [3.05, 3.63) is 59.7 Å². The molecule has 0 unspecified atom stereocenters. The maximum absolute atomic E-state index is 12.1. The molecule has 3 heterocycles. The number of carbonyl (C=O) groups is 1. The Balaban J connectivity index is 1.19. The summed E-state index contributed by atoms with van der Waals surface area (Å²) in [5.74, 6) is 1.29. The first-order valence-electron chi connectivity index (χ1n) is 9.77. The monoisotopic (exact) mass is 396 g/mol. The summed E-state index contributed by atoms with van der Waals surface area (Å²) in [7, 11) is 0. The molecule has 0 spiro atoms. The molecule has 1 N–H and O–H groups in total. The fraction of sp³-hybridized carbons (Fsp3) is 0.381. The molecule has 29 heavy (non-hydrogen) atoms. The lowest BCUT2D eigenvalue weighted by Gasteiger charge is -2.26. The zero-order chi connectivity index (χ0) is 19.9. The molecule has 1 aromatic carbocycles. The van der Waals surface area contributed by atoms with E-state index < -0.39 is 0 Å². The van der Waals surface area contributed by atoms with E-state index in [-0.39, 0.29) is 12.3 Å². The molecule has 0 atom stereocenters. The van der Waals surface area contributed by atoms with Crippen molar-refractivity contribution >= 4 is 5.91 Å². The summed E-state index contributed by atoms with van der Waals surface area (Å²) in [5.41, 5.74) is 2.34. The van der Waals surface area contributed by atoms with Crippen LogP contribution in [0.5, 0.6) is 0 Å². The number of rotatable bonds is 8. The van der Waals surface area contributed by atoms with E-state index in [0.717, 1.165) is 38.4 Å². The highest BCUT2D eigenvalue weighted by atomic mass is 16.5. The smallest absolute Gasteiger partial charge is 0.238 e. The molecule has 3 aromatic rings. The van der Waals surface area contributed by atoms with Gasteiger partial charge in [0.25, 0.3) is 0 Å². The Kier molecular flexibility index (Phi) is 6.33. The van der Waals surface area contributed by atoms with E-state index in [0.29, 0.717) is 30.4 Å². The lowest BCUT2D eigenvalue weighted by molar-refractivity contribution is -0.121. The first-order chi connectivity index (χ1) is 14.3. The molecule has 2 aromatic heterocycles. The van der Waals surface area contributed by atoms with Crippen LogP contribution in [0.25, 0.3) is 11.6 Å². The Morgan fingerprint density at radius 1 is 1.10 bits per heavy atom. The summed E-state index contributed by atoms with van der Waals surface area (Å²) in [4.78, 5) is 18.7. The van der Waals surface area contributed by atoms with Gasteiger partial charge in [-0.1, -0.05) is 29.4 Å². The highest BCUT2D eigenvalue weighted by Gasteiger charge is 2.13. The van der Waals surface area contributed by atoms with Gasteiger partial charge in [-0.05, 0) is 23.3 Å². The van der Waals surface area contributed by atoms with Crippen molar-refractivity contribution in [1.82, 2.24) is 20.4 Å². The van der Waals surface area contributed by atoms with Crippen molar-refractivity contribution in [2.24, 2.45) is 0 Å². The van der Waals surface area contributed by atoms with Crippen molar-refractivity contribution in [2.75, 3.05) is 26.3 Å². The van der Waals surface area contributed by atoms with Gasteiger partial charge in [0, 0.05) is 39.0 Å². The average molecular weight is 396 g/mol. The second-order valence-electron chi connectivity index (χ2n) is 6.97. The van der Waals surface area contributed by atoms with Gasteiger partial charge in [0.05, 0.1) is 19.5 Å². The Morgan fingerprint density at radius 2 is 1.90 bits per heavy atom. The molecule has 1 amide bonds. The Hall–Kier alpha value is -2.97. The normalized spacial score (nSPS) is 14.8. The van der Waals surface area contributed by atoms with Crippen LogP contribution in [-0.2, 0) is 29.0 Å². The molecular formula is C21H24N4O4. The lowest BCUT2D eigenvalue weighted by atomic mass is 10.1. The Labute approximate surface area is 168 Å². The molecule has 0 radical (unpaired) electrons. The molecule has 0 aliphatic carbocycles. The summed E-state index contributed by atoms with van der Waals surface area (Å²) in [6.07, 6.45) is 2.22. The van der Waals surface area contributed by atoms with E-state index in [1.807, 2.05) is 0 Å². The fourth-order valence-electron chi connectivity index (χ4n) is 3.15. The minimum absolute atomic E-state index is 0.0554. The van der Waals surface area contributed by atoms with Crippen LogP contribution in [0, 0.1) is 0 Å². The van der Waals surface area contributed by atoms with E-state index in [9.17, 15) is 4.79 Å². The van der Waals surface area contributed by atoms with E-state index in [2.05, 4.69) is 44.6 Å². The number of amides is 1. The highest BCUT2D eigenvalue weighted by Crippen LogP contribution is 2.16. The zero-order valence-corrected chi connectivity index (χ0v) is 16.2. The van der Waals surface area contributed by atoms with Crippen LogP contribution in [0.4, 0.5) is 0 Å². The van der Waals surface area contributed by atoms with Gasteiger partial charge in [0.1, 0.15) is 0 Å². The molecular weight excluding hydrogens is 372 g/mol. The maximum Gasteiger partial charge on any atom is 0.238 e. The van der Waals surface area contributed by atoms with Gasteiger partial charge in [-0.15, -0.1) is 0 Å². The predicted octanol–water partition coefficient (Wildman–Crippen LogP) is 2.41. The zero-order valence-electron chi connectivity index (χ0n) is 16.2. The van der Waals surface area contributed by atoms with Gasteiger partial charge >= 0.3 is 0 Å². The van der Waals surface area contributed by atoms with Gasteiger partial charge in [-0.25, -0.2) is 0 Å². The van der Waals surface area contributed by atoms with E-state index in [1.165, 1.54) is 5.56 Å². The van der Waals surface area contributed by atoms with Crippen LogP contribution in [0.15, 0.2) is 51.6 Å². The maximum atomic E-state index is 12.1. The average Bonchev–Trinajstić information content (AvgIpc) is 3.44. The third kappa shape index (κ3) is 5.52. The third-order valence-corrected chi connectivity index (χ3v) is 4.80. The van der Waals surface area contributed by atoms with Crippen LogP contribution in [0.3, 0.4) is 0 Å². The molecule has 1 aliphatic rings. The van der Waals surface area contributed by atoms with Crippen molar-refractivity contribution in [3.8, 4) is 11.6 Å². The first-order valence-corrected chi connectivity index (χ1v) is 9.77. The van der Waals surface area contributed by atoms with Crippen LogP contribution >= 0.6 is 0 Å². The molecule has 8 heteroatoms. The van der Waals surface area contributed by atoms with Gasteiger partial charge in [0.15, 0.2) is 5.76 Å². The Bertz CT molecular complexity index is 899. The van der Waals surface area contributed by atoms with Crippen molar-refractivity contribution in [2.45, 2.75) is 25.9 Å². The number of nitrogens with one attached hydrogen (secondary N) is 1. The molecule has 0 bridgehead atoms. The second-order valence-corrected chi connectivity index (χ2v) is 6.97. The molecule has 4 rings (SSSR count). The minimum Gasteiger partial charge on any atom is -0.461 e. The highest BCUT2D eigenvalue weighted by molar-refractivity contribution is 5.76. The standard InChI is InChI=1S/C21H24N4O4/c26-19(7-8-20-23-21(24-29-20)18-2-1-11-28-18)22-14-16-3-5-17(6-4-16)15-25-9-12-27-13-10-25/h1-6,11H,7-10,12-15H2,(H,22,26). The van der Waals surface area contributed by atoms with E-state index in [1.54, 1.807) is 18.4 Å². The van der Waals surface area contributed by atoms with Crippen LogP contribution < -0.4 is 5.32 Å². The quantitative estimate of drug-likeness (QED) is 0.625. The number of carbonyl (C=O) groups excluding carboxylic acids is 1. The number of benzene rings is 1. The first kappa shape index (κ1) is 19.4. The molecule has 0 saturated carbocycles. The second kappa shape index (κ2) is 9.49. The minimum atomic E-state index is -0.0554. The molecule has 8 nitrogen and oxygen atoms in total. The molecule has 1 saturated heterocycles. The number of aromatic nitrogens is 2. The van der Waals surface area contributed by atoms with Crippen LogP contribution in [0.1, 0.15) is 23.4 Å². The summed E-state index contributed by atoms with van der Waals surface area (Å²) in [6, 6.07) is 11.9. The number of furan rings is 1. The SMILES string of the molecule is O=C(CCc1nc(-c2ccco2)no1)NCc1ccc(CN2CCOCC2)cc1. The third-order valence-electron chi connectivity index (χ3n) is 4.80. The predicted molar refractivity (Wildman–Crippen MR) is 105 cm³/mol. The van der Waals surface area contributed by atoms with Crippen LogP contribution in [0.2, 0.25) is 0 Å². The number of hydrogen-bond acceptors (Lipinski definition) is 7. The molecule has 152 valence electrons. The number of nitrogens with zero attached hydrogens (tertiary/aromatic N) is 3. The van der Waals surface area contributed by atoms with Gasteiger partial charge < -0.3 is 19.0 Å². The van der Waals surface area contributed by atoms with Crippen LogP contribution in [-0.4, -0.2) is 47.3 Å². The largest absolute Gasteiger partial charge is 0.461 e. The Morgan fingerprint density at radius 3 is 2.66 bits per heavy atom. The van der Waals surface area contributed by atoms with Gasteiger partial charge in [-0.2, -0.15) is 4.98 Å². The van der Waals surface area contributed by atoms with E-state index in [4.69, 9.17) is 13.7 Å². The molecule has 1 aliphatic heterocycles. The number of aryl methyl sites for hydroxylation is 1. The topological polar surface area (TPSA) is 93.6 Å². The van der Waals surface area contributed by atoms with Crippen molar-refractivity contribution < 1.29 is 18.5 Å². The van der Waals surface area contributed by atoms with Gasteiger partial charge in [0.2, 0.25) is 17.6 Å². The number of hydrogen-bond donors (Lipinski definition) is 1. The summed E-state index contributed by atoms with van der Waals surface area (Å²) >= 11 is 0. The fourth-order valence-corrected chi connectivity index (χ4v) is 3.15. The molecule has 1 fully saturated rings. The number of ether oxygens (including phenoxy) is 1. The summed E-state index contributed by atoms with van der Waals surface area (Å²) in [5, 5.41) is 6.79.